The van der Waals surface area contributed by atoms with E-state index in [2.05, 4.69) is 17.0 Å². The normalized spacial score (nSPS) is 28.3. The third kappa shape index (κ3) is 2.40. The maximum Gasteiger partial charge on any atom is 0.244 e. The van der Waals surface area contributed by atoms with Crippen LogP contribution in [0.25, 0.3) is 5.83 Å². The van der Waals surface area contributed by atoms with Gasteiger partial charge in [0.2, 0.25) is 10.0 Å². The van der Waals surface area contributed by atoms with Crippen molar-refractivity contribution < 1.29 is 12.8 Å². The maximum absolute atomic E-state index is 14.5. The Balaban J connectivity index is 1.81. The minimum absolute atomic E-state index is 0.0242. The zero-order valence-corrected chi connectivity index (χ0v) is 15.0. The maximum atomic E-state index is 14.5. The Labute approximate surface area is 147 Å². The molecule has 3 fully saturated rings. The third-order valence-electron chi connectivity index (χ3n) is 5.84. The van der Waals surface area contributed by atoms with E-state index >= 15 is 0 Å². The van der Waals surface area contributed by atoms with Gasteiger partial charge in [0.15, 0.2) is 0 Å². The van der Waals surface area contributed by atoms with E-state index in [1.54, 1.807) is 23.4 Å². The van der Waals surface area contributed by atoms with Gasteiger partial charge in [-0.05, 0) is 57.0 Å². The van der Waals surface area contributed by atoms with Crippen LogP contribution in [-0.4, -0.2) is 44.1 Å². The first-order valence-electron chi connectivity index (χ1n) is 8.59. The van der Waals surface area contributed by atoms with Crippen molar-refractivity contribution in [2.24, 2.45) is 10.9 Å². The van der Waals surface area contributed by atoms with E-state index in [9.17, 15) is 12.8 Å². The molecule has 25 heavy (non-hydrogen) atoms. The molecule has 4 rings (SSSR count). The molecule has 134 valence electrons. The van der Waals surface area contributed by atoms with Crippen LogP contribution >= 0.6 is 0 Å². The molecule has 1 aromatic carbocycles. The minimum Gasteiger partial charge on any atom is -0.312 e. The first-order chi connectivity index (χ1) is 11.9. The van der Waals surface area contributed by atoms with Crippen LogP contribution in [0.5, 0.6) is 0 Å². The molecule has 0 aromatic heterocycles. The Kier molecular flexibility index (Phi) is 3.86. The van der Waals surface area contributed by atoms with Crippen LogP contribution in [-0.2, 0) is 10.0 Å². The van der Waals surface area contributed by atoms with Crippen molar-refractivity contribution in [3.63, 3.8) is 0 Å². The average Bonchev–Trinajstić information content (AvgIpc) is 3.10. The lowest BCUT2D eigenvalue weighted by molar-refractivity contribution is 0.332. The van der Waals surface area contributed by atoms with Gasteiger partial charge < -0.3 is 5.32 Å². The van der Waals surface area contributed by atoms with Crippen molar-refractivity contribution >= 4 is 22.6 Å². The zero-order chi connectivity index (χ0) is 17.8. The van der Waals surface area contributed by atoms with Crippen LogP contribution in [0, 0.1) is 12.8 Å². The molecule has 1 aromatic rings. The van der Waals surface area contributed by atoms with Crippen LogP contribution in [0.15, 0.2) is 34.3 Å². The van der Waals surface area contributed by atoms with E-state index in [4.69, 9.17) is 0 Å². The molecule has 2 aliphatic heterocycles. The van der Waals surface area contributed by atoms with Gasteiger partial charge in [-0.2, -0.15) is 4.31 Å². The number of aryl methyl sites for hydroxylation is 1. The number of fused-ring (bicyclic) bond motifs is 2. The molecule has 1 saturated carbocycles. The minimum atomic E-state index is -3.79. The van der Waals surface area contributed by atoms with E-state index in [1.165, 1.54) is 6.07 Å². The van der Waals surface area contributed by atoms with Gasteiger partial charge >= 0.3 is 0 Å². The highest BCUT2D eigenvalue weighted by Gasteiger charge is 2.65. The highest BCUT2D eigenvalue weighted by molar-refractivity contribution is 7.89. The third-order valence-corrected chi connectivity index (χ3v) is 7.82. The predicted octanol–water partition coefficient (Wildman–Crippen LogP) is 2.48. The molecule has 0 bridgehead atoms. The Morgan fingerprint density at radius 2 is 2.24 bits per heavy atom. The van der Waals surface area contributed by atoms with Crippen molar-refractivity contribution in [3.8, 4) is 0 Å². The second-order valence-electron chi connectivity index (χ2n) is 7.23. The molecule has 0 amide bonds. The second-order valence-corrected chi connectivity index (χ2v) is 9.06. The van der Waals surface area contributed by atoms with E-state index in [0.717, 1.165) is 32.0 Å². The number of nitrogens with zero attached hydrogens (tertiary/aromatic N) is 2. The smallest absolute Gasteiger partial charge is 0.244 e. The Bertz CT molecular complexity index is 861. The monoisotopic (exact) mass is 363 g/mol. The summed E-state index contributed by atoms with van der Waals surface area (Å²) in [5, 5.41) is 3.48. The van der Waals surface area contributed by atoms with Crippen molar-refractivity contribution in [2.75, 3.05) is 13.1 Å². The number of rotatable bonds is 4. The SMILES string of the molecule is C=N/C=C(/F)c1c(C)cccc1S(=O)(=O)N1CC2CCNC2C12CC2. The molecule has 5 nitrogen and oxygen atoms in total. The van der Waals surface area contributed by atoms with Crippen LogP contribution in [0.2, 0.25) is 0 Å². The molecule has 1 aliphatic carbocycles. The summed E-state index contributed by atoms with van der Waals surface area (Å²) in [5.41, 5.74) is 0.342. The standard InChI is InChI=1S/C18H22FN3O2S/c1-12-4-3-5-15(16(12)14(19)10-20-2)25(23,24)22-11-13-6-9-21-17(13)18(22)7-8-18/h3-5,10,13,17,21H,2,6-9,11H2,1H3/b14-10+. The zero-order valence-electron chi connectivity index (χ0n) is 14.2. The molecular formula is C18H22FN3O2S. The Hall–Kier alpha value is -1.57. The first-order valence-corrected chi connectivity index (χ1v) is 10.0. The summed E-state index contributed by atoms with van der Waals surface area (Å²) in [6.45, 7) is 6.43. The Morgan fingerprint density at radius 1 is 1.48 bits per heavy atom. The van der Waals surface area contributed by atoms with Gasteiger partial charge in [-0.3, -0.25) is 4.99 Å². The summed E-state index contributed by atoms with van der Waals surface area (Å²) >= 11 is 0. The van der Waals surface area contributed by atoms with Crippen molar-refractivity contribution in [2.45, 2.75) is 42.7 Å². The van der Waals surface area contributed by atoms with Gasteiger partial charge in [0.1, 0.15) is 5.83 Å². The lowest BCUT2D eigenvalue weighted by Gasteiger charge is -2.28. The lowest BCUT2D eigenvalue weighted by atomic mass is 9.99. The highest BCUT2D eigenvalue weighted by atomic mass is 32.2. The molecule has 2 saturated heterocycles. The van der Waals surface area contributed by atoms with Crippen LogP contribution < -0.4 is 5.32 Å². The number of hydrogen-bond donors (Lipinski definition) is 1. The molecule has 1 N–H and O–H groups in total. The van der Waals surface area contributed by atoms with Gasteiger partial charge in [0.05, 0.1) is 16.6 Å². The molecule has 7 heteroatoms. The fourth-order valence-corrected chi connectivity index (χ4v) is 6.75. The van der Waals surface area contributed by atoms with Gasteiger partial charge in [-0.25, -0.2) is 12.8 Å². The summed E-state index contributed by atoms with van der Waals surface area (Å²) in [6.07, 6.45) is 3.70. The first kappa shape index (κ1) is 16.9. The molecule has 0 radical (unpaired) electrons. The summed E-state index contributed by atoms with van der Waals surface area (Å²) in [5.74, 6) is -0.324. The number of benzene rings is 1. The molecular weight excluding hydrogens is 341 g/mol. The van der Waals surface area contributed by atoms with Crippen LogP contribution in [0.4, 0.5) is 4.39 Å². The highest BCUT2D eigenvalue weighted by Crippen LogP contribution is 2.55. The quantitative estimate of drug-likeness (QED) is 0.836. The van der Waals surface area contributed by atoms with E-state index in [0.29, 0.717) is 18.0 Å². The second kappa shape index (κ2) is 5.72. The van der Waals surface area contributed by atoms with E-state index < -0.39 is 15.9 Å². The van der Waals surface area contributed by atoms with E-state index in [-0.39, 0.29) is 22.0 Å². The number of sulfonamides is 1. The number of nitrogens with one attached hydrogen (secondary N) is 1. The van der Waals surface area contributed by atoms with Gasteiger partial charge in [0.25, 0.3) is 0 Å². The van der Waals surface area contributed by atoms with Gasteiger partial charge in [0, 0.05) is 18.2 Å². The van der Waals surface area contributed by atoms with Gasteiger partial charge in [-0.1, -0.05) is 12.1 Å². The number of halogens is 1. The van der Waals surface area contributed by atoms with Crippen molar-refractivity contribution in [1.29, 1.82) is 0 Å². The fraction of sp³-hybridized carbons (Fsp3) is 0.500. The molecule has 3 aliphatic rings. The Morgan fingerprint density at radius 3 is 2.92 bits per heavy atom. The summed E-state index contributed by atoms with van der Waals surface area (Å²) in [7, 11) is -3.79. The largest absolute Gasteiger partial charge is 0.312 e. The van der Waals surface area contributed by atoms with E-state index in [1.807, 2.05) is 0 Å². The van der Waals surface area contributed by atoms with Crippen LogP contribution in [0.1, 0.15) is 30.4 Å². The lowest BCUT2D eigenvalue weighted by Crippen LogP contribution is -2.46. The molecule has 2 unspecified atom stereocenters. The molecule has 2 atom stereocenters. The summed E-state index contributed by atoms with van der Waals surface area (Å²) in [4.78, 5) is 3.48. The predicted molar refractivity (Wildman–Crippen MR) is 95.6 cm³/mol. The number of aliphatic imine (C=N–C) groups is 1. The van der Waals surface area contributed by atoms with Crippen molar-refractivity contribution in [1.82, 2.24) is 9.62 Å². The summed E-state index contributed by atoms with van der Waals surface area (Å²) < 4.78 is 43.1. The summed E-state index contributed by atoms with van der Waals surface area (Å²) in [6, 6.07) is 5.09. The fourth-order valence-electron chi connectivity index (χ4n) is 4.58. The van der Waals surface area contributed by atoms with Crippen molar-refractivity contribution in [3.05, 3.63) is 35.5 Å². The molecule has 1 spiro atoms. The van der Waals surface area contributed by atoms with Gasteiger partial charge in [-0.15, -0.1) is 0 Å². The topological polar surface area (TPSA) is 61.8 Å². The number of hydrogen-bond acceptors (Lipinski definition) is 4. The molecule has 2 heterocycles. The average molecular weight is 363 g/mol. The van der Waals surface area contributed by atoms with Crippen LogP contribution in [0.3, 0.4) is 0 Å².